The van der Waals surface area contributed by atoms with Crippen molar-refractivity contribution in [2.24, 2.45) is 0 Å². The fourth-order valence-corrected chi connectivity index (χ4v) is 5.39. The van der Waals surface area contributed by atoms with E-state index in [-0.39, 0.29) is 0 Å². The summed E-state index contributed by atoms with van der Waals surface area (Å²) in [6, 6.07) is 0. The van der Waals surface area contributed by atoms with Crippen LogP contribution in [0.5, 0.6) is 0 Å². The summed E-state index contributed by atoms with van der Waals surface area (Å²) in [5.74, 6) is 0. The van der Waals surface area contributed by atoms with Crippen molar-refractivity contribution in [3.05, 3.63) is 21.8 Å². The maximum atomic E-state index is 2.43. The van der Waals surface area contributed by atoms with Gasteiger partial charge in [0, 0.05) is 0 Å². The Bertz CT molecular complexity index is 131. The second-order valence-electron chi connectivity index (χ2n) is 2.98. The normalized spacial score (nSPS) is 21.8. The molecule has 0 radical (unpaired) electrons. The number of allylic oxidation sites excluding steroid dienone is 3. The topological polar surface area (TPSA) is 0 Å². The van der Waals surface area contributed by atoms with Crippen LogP contribution in [0.2, 0.25) is 2.92 Å². The first-order chi connectivity index (χ1) is 3.71. The summed E-state index contributed by atoms with van der Waals surface area (Å²) in [5.41, 5.74) is 0. The Morgan fingerprint density at radius 1 is 1.25 bits per heavy atom. The minimum atomic E-state index is -0.600. The predicted molar refractivity (Wildman–Crippen MR) is 32.3 cm³/mol. The molecule has 0 saturated heterocycles. The summed E-state index contributed by atoms with van der Waals surface area (Å²) < 4.78 is 3.06. The van der Waals surface area contributed by atoms with Crippen molar-refractivity contribution in [1.29, 1.82) is 0 Å². The van der Waals surface area contributed by atoms with Gasteiger partial charge in [0.1, 0.15) is 0 Å². The Morgan fingerprint density at radius 3 is 2.25 bits per heavy atom. The van der Waals surface area contributed by atoms with E-state index in [1.165, 1.54) is 0 Å². The molecule has 1 heteroatoms. The molecule has 0 nitrogen and oxygen atoms in total. The van der Waals surface area contributed by atoms with Crippen LogP contribution in [0, 0.1) is 0 Å². The second kappa shape index (κ2) is 2.34. The Hall–Kier alpha value is 0.415. The van der Waals surface area contributed by atoms with Gasteiger partial charge in [-0.05, 0) is 0 Å². The standard InChI is InChI=1S/C7H10.Hg/c1-4-5-6-7(2)3;/h1,4-6H,2-3H3;. The SMILES string of the molecule is C[C]1(C)C=CC=[CH][Hg]1. The van der Waals surface area contributed by atoms with E-state index in [9.17, 15) is 0 Å². The summed E-state index contributed by atoms with van der Waals surface area (Å²) in [5, 5.41) is 0. The van der Waals surface area contributed by atoms with E-state index in [0.29, 0.717) is 2.92 Å². The van der Waals surface area contributed by atoms with E-state index in [2.05, 4.69) is 35.7 Å². The van der Waals surface area contributed by atoms with Gasteiger partial charge in [-0.25, -0.2) is 0 Å². The van der Waals surface area contributed by atoms with E-state index in [4.69, 9.17) is 0 Å². The fourth-order valence-electron chi connectivity index (χ4n) is 0.834. The monoisotopic (exact) mass is 296 g/mol. The van der Waals surface area contributed by atoms with Gasteiger partial charge in [-0.3, -0.25) is 0 Å². The van der Waals surface area contributed by atoms with Crippen LogP contribution < -0.4 is 0 Å². The van der Waals surface area contributed by atoms with E-state index in [1.54, 1.807) is 0 Å². The zero-order chi connectivity index (χ0) is 6.04. The van der Waals surface area contributed by atoms with Gasteiger partial charge in [-0.2, -0.15) is 0 Å². The van der Waals surface area contributed by atoms with Crippen molar-refractivity contribution >= 4 is 0 Å². The molecule has 0 aromatic carbocycles. The van der Waals surface area contributed by atoms with Gasteiger partial charge in [-0.1, -0.05) is 0 Å². The Balaban J connectivity index is 2.65. The van der Waals surface area contributed by atoms with Crippen molar-refractivity contribution in [3.8, 4) is 0 Å². The first-order valence-corrected chi connectivity index (χ1v) is 8.97. The molecule has 1 rings (SSSR count). The summed E-state index contributed by atoms with van der Waals surface area (Å²) >= 11 is -0.600. The molecule has 40 valence electrons. The molecule has 0 bridgehead atoms. The van der Waals surface area contributed by atoms with E-state index >= 15 is 0 Å². The molecule has 1 heterocycles. The van der Waals surface area contributed by atoms with Crippen LogP contribution in [-0.4, -0.2) is 0 Å². The van der Waals surface area contributed by atoms with Crippen LogP contribution in [0.4, 0.5) is 0 Å². The number of hydrogen-bond acceptors (Lipinski definition) is 0. The molecule has 0 unspecified atom stereocenters. The van der Waals surface area contributed by atoms with Gasteiger partial charge in [0.2, 0.25) is 0 Å². The van der Waals surface area contributed by atoms with Crippen molar-refractivity contribution in [1.82, 2.24) is 0 Å². The van der Waals surface area contributed by atoms with Crippen molar-refractivity contribution in [3.63, 3.8) is 0 Å². The van der Waals surface area contributed by atoms with Crippen LogP contribution in [0.3, 0.4) is 0 Å². The van der Waals surface area contributed by atoms with Gasteiger partial charge in [0.05, 0.1) is 0 Å². The van der Waals surface area contributed by atoms with E-state index in [0.717, 1.165) is 0 Å². The zero-order valence-electron chi connectivity index (χ0n) is 5.52. The molecule has 0 saturated carbocycles. The molecule has 8 heavy (non-hydrogen) atoms. The molecule has 0 aromatic heterocycles. The molecular weight excluding hydrogens is 285 g/mol. The third kappa shape index (κ3) is 1.73. The first-order valence-electron chi connectivity index (χ1n) is 3.05. The quantitative estimate of drug-likeness (QED) is 0.602. The van der Waals surface area contributed by atoms with Gasteiger partial charge in [0.25, 0.3) is 0 Å². The summed E-state index contributed by atoms with van der Waals surface area (Å²) in [4.78, 5) is 0. The molecule has 1 aliphatic heterocycles. The van der Waals surface area contributed by atoms with E-state index in [1.807, 2.05) is 0 Å². The van der Waals surface area contributed by atoms with Crippen LogP contribution >= 0.6 is 0 Å². The van der Waals surface area contributed by atoms with Gasteiger partial charge >= 0.3 is 63.2 Å². The Kier molecular flexibility index (Phi) is 1.91. The third-order valence-corrected chi connectivity index (χ3v) is 8.42. The van der Waals surface area contributed by atoms with Crippen molar-refractivity contribution in [2.45, 2.75) is 16.8 Å². The summed E-state index contributed by atoms with van der Waals surface area (Å²) in [7, 11) is 0. The molecular formula is C7H10Hg. The number of hydrogen-bond donors (Lipinski definition) is 0. The van der Waals surface area contributed by atoms with Crippen LogP contribution in [-0.2, 0) is 24.6 Å². The maximum absolute atomic E-state index is 2.43. The van der Waals surface area contributed by atoms with Gasteiger partial charge in [-0.15, -0.1) is 0 Å². The third-order valence-electron chi connectivity index (χ3n) is 1.44. The predicted octanol–water partition coefficient (Wildman–Crippen LogP) is 2.35. The number of rotatable bonds is 0. The van der Waals surface area contributed by atoms with Crippen LogP contribution in [0.15, 0.2) is 21.8 Å². The Labute approximate surface area is 63.1 Å². The molecule has 0 spiro atoms. The van der Waals surface area contributed by atoms with Gasteiger partial charge in [0.15, 0.2) is 0 Å². The van der Waals surface area contributed by atoms with Crippen molar-refractivity contribution < 1.29 is 24.6 Å². The molecule has 0 N–H and O–H groups in total. The first kappa shape index (κ1) is 6.53. The molecule has 0 atom stereocenters. The minimum absolute atomic E-state index is 0.600. The average Bonchev–Trinajstić information content (AvgIpc) is 1.65. The van der Waals surface area contributed by atoms with E-state index < -0.39 is 24.6 Å². The molecule has 0 amide bonds. The summed E-state index contributed by atoms with van der Waals surface area (Å²) in [6.07, 6.45) is 6.71. The second-order valence-corrected chi connectivity index (χ2v) is 13.5. The van der Waals surface area contributed by atoms with Gasteiger partial charge < -0.3 is 0 Å². The average molecular weight is 295 g/mol. The summed E-state index contributed by atoms with van der Waals surface area (Å²) in [6.45, 7) is 4.68. The van der Waals surface area contributed by atoms with Crippen molar-refractivity contribution in [2.75, 3.05) is 0 Å². The fraction of sp³-hybridized carbons (Fsp3) is 0.429. The zero-order valence-corrected chi connectivity index (χ0v) is 11.0. The van der Waals surface area contributed by atoms with Crippen LogP contribution in [0.1, 0.15) is 13.8 Å². The van der Waals surface area contributed by atoms with Crippen LogP contribution in [0.25, 0.3) is 0 Å². The molecule has 0 fully saturated rings. The molecule has 0 aliphatic carbocycles. The molecule has 1 aliphatic rings. The Morgan fingerprint density at radius 2 is 2.00 bits per heavy atom. The molecule has 0 aromatic rings.